The van der Waals surface area contributed by atoms with Gasteiger partial charge in [0.25, 0.3) is 0 Å². The fraction of sp³-hybridized carbons (Fsp3) is 0.294. The molecule has 22 heavy (non-hydrogen) atoms. The predicted molar refractivity (Wildman–Crippen MR) is 94.5 cm³/mol. The van der Waals surface area contributed by atoms with Crippen LogP contribution in [0.5, 0.6) is 0 Å². The van der Waals surface area contributed by atoms with E-state index in [1.165, 1.54) is 0 Å². The molecule has 0 bridgehead atoms. The first kappa shape index (κ1) is 17.2. The third-order valence-corrected chi connectivity index (χ3v) is 5.07. The van der Waals surface area contributed by atoms with Crippen LogP contribution in [-0.4, -0.2) is 22.7 Å². The summed E-state index contributed by atoms with van der Waals surface area (Å²) < 4.78 is 11.7. The Balaban J connectivity index is 2.26. The summed E-state index contributed by atoms with van der Waals surface area (Å²) in [5, 5.41) is 3.37. The second-order valence-electron chi connectivity index (χ2n) is 5.02. The largest absolute Gasteiger partial charge is 0.524 e. The van der Waals surface area contributed by atoms with Crippen LogP contribution in [0.2, 0.25) is 0 Å². The summed E-state index contributed by atoms with van der Waals surface area (Å²) in [6, 6.07) is 20.0. The molecule has 2 N–H and O–H groups in total. The summed E-state index contributed by atoms with van der Waals surface area (Å²) in [7, 11) is -2.26. The quantitative estimate of drug-likeness (QED) is 0.711. The summed E-state index contributed by atoms with van der Waals surface area (Å²) in [5.74, 6) is 0.447. The molecule has 0 saturated heterocycles. The molecular formula is C17H21NO2PS+. The van der Waals surface area contributed by atoms with Crippen molar-refractivity contribution in [1.29, 1.82) is 0 Å². The van der Waals surface area contributed by atoms with Gasteiger partial charge < -0.3 is 0 Å². The first-order valence-electron chi connectivity index (χ1n) is 7.22. The van der Waals surface area contributed by atoms with Gasteiger partial charge in [-0.05, 0) is 27.7 Å². The van der Waals surface area contributed by atoms with Crippen LogP contribution in [0.4, 0.5) is 0 Å². The molecule has 0 radical (unpaired) electrons. The summed E-state index contributed by atoms with van der Waals surface area (Å²) in [4.78, 5) is 9.62. The molecule has 2 aromatic rings. The molecule has 0 amide bonds. The van der Waals surface area contributed by atoms with Crippen LogP contribution in [0.1, 0.15) is 23.6 Å². The van der Waals surface area contributed by atoms with Crippen molar-refractivity contribution in [3.63, 3.8) is 0 Å². The molecule has 0 aromatic heterocycles. The van der Waals surface area contributed by atoms with Crippen molar-refractivity contribution in [3.8, 4) is 0 Å². The Kier molecular flexibility index (Phi) is 7.07. The van der Waals surface area contributed by atoms with E-state index in [1.807, 2.05) is 66.9 Å². The van der Waals surface area contributed by atoms with E-state index < -0.39 is 13.8 Å². The first-order valence-corrected chi connectivity index (χ1v) is 9.90. The van der Waals surface area contributed by atoms with Gasteiger partial charge in [0, 0.05) is 6.42 Å². The molecule has 2 aromatic carbocycles. The van der Waals surface area contributed by atoms with Gasteiger partial charge in [-0.2, -0.15) is 16.7 Å². The predicted octanol–water partition coefficient (Wildman–Crippen LogP) is 4.18. The highest BCUT2D eigenvalue weighted by molar-refractivity contribution is 7.98. The first-order chi connectivity index (χ1) is 10.7. The molecule has 0 spiro atoms. The fourth-order valence-corrected chi connectivity index (χ4v) is 3.63. The molecule has 2 atom stereocenters. The molecule has 0 fully saturated rings. The molecule has 0 saturated carbocycles. The maximum atomic E-state index is 11.7. The molecule has 5 heteroatoms. The normalized spacial score (nSPS) is 13.1. The van der Waals surface area contributed by atoms with Gasteiger partial charge in [-0.3, -0.25) is 5.32 Å². The molecular weight excluding hydrogens is 313 g/mol. The van der Waals surface area contributed by atoms with Gasteiger partial charge in [0.15, 0.2) is 0 Å². The van der Waals surface area contributed by atoms with E-state index >= 15 is 0 Å². The smallest absolute Gasteiger partial charge is 0.260 e. The van der Waals surface area contributed by atoms with Gasteiger partial charge in [0.2, 0.25) is 5.78 Å². The Morgan fingerprint density at radius 1 is 1.05 bits per heavy atom. The third-order valence-electron chi connectivity index (χ3n) is 3.49. The maximum Gasteiger partial charge on any atom is 0.524 e. The molecule has 2 unspecified atom stereocenters. The van der Waals surface area contributed by atoms with E-state index in [2.05, 4.69) is 5.32 Å². The molecule has 3 nitrogen and oxygen atoms in total. The molecule has 116 valence electrons. The maximum absolute atomic E-state index is 11.7. The molecule has 0 aliphatic carbocycles. The summed E-state index contributed by atoms with van der Waals surface area (Å²) in [5.41, 5.74) is 2.19. The van der Waals surface area contributed by atoms with Crippen LogP contribution in [0.25, 0.3) is 0 Å². The molecule has 0 heterocycles. The number of nitrogens with one attached hydrogen (secondary N) is 1. The van der Waals surface area contributed by atoms with E-state index in [4.69, 9.17) is 0 Å². The molecule has 0 aliphatic heterocycles. The minimum absolute atomic E-state index is 0.0830. The number of rotatable bonds is 8. The zero-order chi connectivity index (χ0) is 15.8. The van der Waals surface area contributed by atoms with E-state index in [1.54, 1.807) is 11.8 Å². The lowest BCUT2D eigenvalue weighted by atomic mass is 9.98. The van der Waals surface area contributed by atoms with Crippen LogP contribution < -0.4 is 5.32 Å². The van der Waals surface area contributed by atoms with Crippen LogP contribution in [0.15, 0.2) is 60.7 Å². The van der Waals surface area contributed by atoms with Crippen molar-refractivity contribution in [2.24, 2.45) is 0 Å². The van der Waals surface area contributed by atoms with E-state index in [0.29, 0.717) is 6.42 Å². The Morgan fingerprint density at radius 3 is 1.95 bits per heavy atom. The highest BCUT2D eigenvalue weighted by atomic mass is 32.2. The minimum atomic E-state index is -2.26. The molecule has 2 rings (SSSR count). The number of thioether (sulfide) groups is 1. The van der Waals surface area contributed by atoms with Crippen molar-refractivity contribution in [3.05, 3.63) is 71.8 Å². The van der Waals surface area contributed by atoms with E-state index in [-0.39, 0.29) is 6.04 Å². The Bertz CT molecular complexity index is 540. The average Bonchev–Trinajstić information content (AvgIpc) is 2.56. The van der Waals surface area contributed by atoms with Gasteiger partial charge in [-0.25, -0.2) is 0 Å². The van der Waals surface area contributed by atoms with Crippen LogP contribution in [0.3, 0.4) is 0 Å². The number of benzene rings is 2. The van der Waals surface area contributed by atoms with E-state index in [0.717, 1.165) is 16.9 Å². The standard InChI is InChI=1S/C17H20NO2PS/c1-22-13-12-16(21(19)20)18-17(14-8-4-2-5-9-14)15-10-6-3-7-11-15/h2-11,16-18H,12-13H2,1H3/p+1. The lowest BCUT2D eigenvalue weighted by Gasteiger charge is -2.21. The Morgan fingerprint density at radius 2 is 1.55 bits per heavy atom. The third kappa shape index (κ3) is 4.92. The van der Waals surface area contributed by atoms with Crippen molar-refractivity contribution in [1.82, 2.24) is 5.32 Å². The SMILES string of the molecule is CSCCC(NC(c1ccccc1)c1ccccc1)[P+](=O)O. The van der Waals surface area contributed by atoms with Crippen molar-refractivity contribution < 1.29 is 9.46 Å². The lowest BCUT2D eigenvalue weighted by molar-refractivity contribution is 0.455. The highest BCUT2D eigenvalue weighted by Gasteiger charge is 2.31. The highest BCUT2D eigenvalue weighted by Crippen LogP contribution is 2.30. The number of hydrogen-bond donors (Lipinski definition) is 2. The topological polar surface area (TPSA) is 49.3 Å². The Hall–Kier alpha value is -1.19. The monoisotopic (exact) mass is 334 g/mol. The molecule has 0 aliphatic rings. The van der Waals surface area contributed by atoms with Crippen molar-refractivity contribution >= 4 is 19.8 Å². The zero-order valence-corrected chi connectivity index (χ0v) is 14.3. The van der Waals surface area contributed by atoms with Gasteiger partial charge in [-0.1, -0.05) is 60.7 Å². The van der Waals surface area contributed by atoms with Gasteiger partial charge >= 0.3 is 8.03 Å². The lowest BCUT2D eigenvalue weighted by Crippen LogP contribution is -2.31. The van der Waals surface area contributed by atoms with Gasteiger partial charge in [0.1, 0.15) is 0 Å². The van der Waals surface area contributed by atoms with Crippen LogP contribution in [0, 0.1) is 0 Å². The average molecular weight is 334 g/mol. The van der Waals surface area contributed by atoms with Gasteiger partial charge in [0.05, 0.1) is 6.04 Å². The fourth-order valence-electron chi connectivity index (χ4n) is 2.36. The van der Waals surface area contributed by atoms with Crippen LogP contribution >= 0.6 is 19.8 Å². The second-order valence-corrected chi connectivity index (χ2v) is 7.23. The van der Waals surface area contributed by atoms with Crippen LogP contribution in [-0.2, 0) is 4.57 Å². The van der Waals surface area contributed by atoms with Gasteiger partial charge in [-0.15, -0.1) is 0 Å². The summed E-state index contributed by atoms with van der Waals surface area (Å²) in [6.07, 6.45) is 2.68. The minimum Gasteiger partial charge on any atom is -0.260 e. The zero-order valence-electron chi connectivity index (χ0n) is 12.6. The number of hydrogen-bond acceptors (Lipinski definition) is 3. The Labute approximate surface area is 137 Å². The summed E-state index contributed by atoms with van der Waals surface area (Å²) in [6.45, 7) is 0. The van der Waals surface area contributed by atoms with E-state index in [9.17, 15) is 9.46 Å². The van der Waals surface area contributed by atoms with Crippen molar-refractivity contribution in [2.45, 2.75) is 18.2 Å². The summed E-state index contributed by atoms with van der Waals surface area (Å²) >= 11 is 1.69. The second kappa shape index (κ2) is 9.06. The van der Waals surface area contributed by atoms with Crippen molar-refractivity contribution in [2.75, 3.05) is 12.0 Å².